The molecule has 0 spiro atoms. The summed E-state index contributed by atoms with van der Waals surface area (Å²) in [4.78, 5) is 0. The third-order valence-electron chi connectivity index (χ3n) is 2.65. The highest BCUT2D eigenvalue weighted by Crippen LogP contribution is 2.28. The van der Waals surface area contributed by atoms with Crippen LogP contribution in [0.3, 0.4) is 0 Å². The number of rotatable bonds is 2. The van der Waals surface area contributed by atoms with Gasteiger partial charge < -0.3 is 0 Å². The summed E-state index contributed by atoms with van der Waals surface area (Å²) < 4.78 is 27.7. The molecule has 98 valence electrons. The zero-order chi connectivity index (χ0) is 14.2. The zero-order valence-electron chi connectivity index (χ0n) is 10.3. The van der Waals surface area contributed by atoms with E-state index in [4.69, 9.17) is 16.9 Å². The molecule has 2 rings (SSSR count). The van der Waals surface area contributed by atoms with Crippen LogP contribution in [0.15, 0.2) is 18.2 Å². The number of hydrogen-bond donors (Lipinski definition) is 0. The van der Waals surface area contributed by atoms with Gasteiger partial charge in [0.25, 0.3) is 0 Å². The number of nitriles is 1. The second kappa shape index (κ2) is 4.98. The average molecular weight is 282 g/mol. The lowest BCUT2D eigenvalue weighted by atomic mass is 10.1. The summed E-state index contributed by atoms with van der Waals surface area (Å²) in [6.07, 6.45) is 0. The van der Waals surface area contributed by atoms with Crippen molar-refractivity contribution in [3.8, 4) is 11.8 Å². The molecule has 19 heavy (non-hydrogen) atoms. The lowest BCUT2D eigenvalue weighted by Crippen LogP contribution is -2.01. The van der Waals surface area contributed by atoms with Crippen LogP contribution in [0.25, 0.3) is 5.69 Å². The van der Waals surface area contributed by atoms with Gasteiger partial charge in [-0.1, -0.05) is 25.4 Å². The maximum Gasteiger partial charge on any atom is 0.151 e. The molecule has 0 aliphatic carbocycles. The van der Waals surface area contributed by atoms with Crippen LogP contribution in [-0.2, 0) is 0 Å². The van der Waals surface area contributed by atoms with Crippen molar-refractivity contribution in [1.29, 1.82) is 5.26 Å². The Balaban J connectivity index is 2.67. The van der Waals surface area contributed by atoms with E-state index in [-0.39, 0.29) is 22.3 Å². The van der Waals surface area contributed by atoms with Crippen LogP contribution in [-0.4, -0.2) is 9.78 Å². The third kappa shape index (κ3) is 2.32. The second-order valence-electron chi connectivity index (χ2n) is 4.33. The van der Waals surface area contributed by atoms with E-state index < -0.39 is 11.6 Å². The van der Waals surface area contributed by atoms with Crippen molar-refractivity contribution in [2.24, 2.45) is 0 Å². The Morgan fingerprint density at radius 3 is 2.53 bits per heavy atom. The van der Waals surface area contributed by atoms with Crippen molar-refractivity contribution in [2.75, 3.05) is 0 Å². The number of halogens is 3. The molecule has 0 fully saturated rings. The quantitative estimate of drug-likeness (QED) is 0.840. The highest BCUT2D eigenvalue weighted by Gasteiger charge is 2.21. The first-order chi connectivity index (χ1) is 8.95. The molecule has 0 aliphatic rings. The van der Waals surface area contributed by atoms with Crippen molar-refractivity contribution in [3.05, 3.63) is 46.2 Å². The first kappa shape index (κ1) is 13.5. The average Bonchev–Trinajstić information content (AvgIpc) is 2.66. The van der Waals surface area contributed by atoms with Gasteiger partial charge in [-0.05, 0) is 18.1 Å². The number of hydrogen-bond acceptors (Lipinski definition) is 2. The van der Waals surface area contributed by atoms with E-state index in [1.54, 1.807) is 0 Å². The van der Waals surface area contributed by atoms with E-state index >= 15 is 0 Å². The molecule has 6 heteroatoms. The van der Waals surface area contributed by atoms with Crippen LogP contribution in [0.4, 0.5) is 8.78 Å². The number of benzene rings is 1. The van der Waals surface area contributed by atoms with Gasteiger partial charge in [-0.15, -0.1) is 0 Å². The first-order valence-corrected chi connectivity index (χ1v) is 5.97. The standard InChI is InChI=1S/C13H10ClF2N3/c1-7(2)12-9(6-17)13(14)19(18-12)11-4-3-8(15)5-10(11)16/h3-5,7H,1-2H3. The molecule has 1 aromatic carbocycles. The topological polar surface area (TPSA) is 41.6 Å². The van der Waals surface area contributed by atoms with Gasteiger partial charge in [-0.3, -0.25) is 0 Å². The van der Waals surface area contributed by atoms with Crippen LogP contribution in [0.5, 0.6) is 0 Å². The fourth-order valence-corrected chi connectivity index (χ4v) is 2.00. The van der Waals surface area contributed by atoms with E-state index in [0.29, 0.717) is 5.69 Å². The van der Waals surface area contributed by atoms with Crippen LogP contribution < -0.4 is 0 Å². The highest BCUT2D eigenvalue weighted by atomic mass is 35.5. The summed E-state index contributed by atoms with van der Waals surface area (Å²) in [5.74, 6) is -1.50. The van der Waals surface area contributed by atoms with Gasteiger partial charge in [0.05, 0.1) is 5.69 Å². The molecular formula is C13H10ClF2N3. The highest BCUT2D eigenvalue weighted by molar-refractivity contribution is 6.31. The third-order valence-corrected chi connectivity index (χ3v) is 3.00. The maximum absolute atomic E-state index is 13.7. The summed E-state index contributed by atoms with van der Waals surface area (Å²) in [7, 11) is 0. The molecule has 1 aromatic heterocycles. The summed E-state index contributed by atoms with van der Waals surface area (Å²) in [6.45, 7) is 3.70. The van der Waals surface area contributed by atoms with E-state index in [9.17, 15) is 8.78 Å². The Morgan fingerprint density at radius 2 is 2.05 bits per heavy atom. The molecule has 0 amide bonds. The Labute approximate surface area is 114 Å². The van der Waals surface area contributed by atoms with Crippen molar-refractivity contribution in [1.82, 2.24) is 9.78 Å². The minimum absolute atomic E-state index is 0.00907. The van der Waals surface area contributed by atoms with Crippen molar-refractivity contribution >= 4 is 11.6 Å². The van der Waals surface area contributed by atoms with Crippen molar-refractivity contribution < 1.29 is 8.78 Å². The van der Waals surface area contributed by atoms with Gasteiger partial charge in [0.15, 0.2) is 11.0 Å². The summed E-state index contributed by atoms with van der Waals surface area (Å²) >= 11 is 6.04. The molecule has 2 aromatic rings. The SMILES string of the molecule is CC(C)c1nn(-c2ccc(F)cc2F)c(Cl)c1C#N. The molecular weight excluding hydrogens is 272 g/mol. The predicted molar refractivity (Wildman–Crippen MR) is 67.3 cm³/mol. The molecule has 0 aliphatic heterocycles. The predicted octanol–water partition coefficient (Wildman–Crippen LogP) is 3.80. The molecule has 0 N–H and O–H groups in total. The van der Waals surface area contributed by atoms with Crippen molar-refractivity contribution in [2.45, 2.75) is 19.8 Å². The monoisotopic (exact) mass is 281 g/mol. The lowest BCUT2D eigenvalue weighted by molar-refractivity contribution is 0.572. The van der Waals surface area contributed by atoms with Crippen LogP contribution in [0.2, 0.25) is 5.15 Å². The second-order valence-corrected chi connectivity index (χ2v) is 4.68. The smallest absolute Gasteiger partial charge is 0.151 e. The molecule has 0 bridgehead atoms. The zero-order valence-corrected chi connectivity index (χ0v) is 11.0. The van der Waals surface area contributed by atoms with Crippen molar-refractivity contribution in [3.63, 3.8) is 0 Å². The molecule has 3 nitrogen and oxygen atoms in total. The Bertz CT molecular complexity index is 671. The lowest BCUT2D eigenvalue weighted by Gasteiger charge is -2.04. The van der Waals surface area contributed by atoms with Gasteiger partial charge in [0, 0.05) is 6.07 Å². The molecule has 0 atom stereocenters. The number of aromatic nitrogens is 2. The number of nitrogens with zero attached hydrogens (tertiary/aromatic N) is 3. The van der Waals surface area contributed by atoms with Gasteiger partial charge in [0.1, 0.15) is 23.1 Å². The normalized spacial score (nSPS) is 10.8. The van der Waals surface area contributed by atoms with E-state index in [1.165, 1.54) is 6.07 Å². The van der Waals surface area contributed by atoms with Gasteiger partial charge in [-0.2, -0.15) is 10.4 Å². The van der Waals surface area contributed by atoms with Gasteiger partial charge in [-0.25, -0.2) is 13.5 Å². The molecule has 1 heterocycles. The Kier molecular flexibility index (Phi) is 3.54. The summed E-state index contributed by atoms with van der Waals surface area (Å²) in [5, 5.41) is 13.2. The summed E-state index contributed by atoms with van der Waals surface area (Å²) in [6, 6.07) is 5.04. The fraction of sp³-hybridized carbons (Fsp3) is 0.231. The Morgan fingerprint density at radius 1 is 1.37 bits per heavy atom. The minimum atomic E-state index is -0.788. The van der Waals surface area contributed by atoms with Crippen LogP contribution in [0.1, 0.15) is 31.0 Å². The maximum atomic E-state index is 13.7. The fourth-order valence-electron chi connectivity index (χ4n) is 1.73. The first-order valence-electron chi connectivity index (χ1n) is 5.59. The van der Waals surface area contributed by atoms with Gasteiger partial charge >= 0.3 is 0 Å². The summed E-state index contributed by atoms with van der Waals surface area (Å²) in [5.41, 5.74) is 0.700. The van der Waals surface area contributed by atoms with Gasteiger partial charge in [0.2, 0.25) is 0 Å². The van der Waals surface area contributed by atoms with E-state index in [1.807, 2.05) is 19.9 Å². The molecule has 0 unspecified atom stereocenters. The van der Waals surface area contributed by atoms with Crippen LogP contribution >= 0.6 is 11.6 Å². The molecule has 0 saturated heterocycles. The molecule has 0 saturated carbocycles. The molecule has 0 radical (unpaired) electrons. The minimum Gasteiger partial charge on any atom is -0.218 e. The Hall–Kier alpha value is -1.93. The van der Waals surface area contributed by atoms with Crippen LogP contribution in [0, 0.1) is 23.0 Å². The largest absolute Gasteiger partial charge is 0.218 e. The van der Waals surface area contributed by atoms with E-state index in [2.05, 4.69) is 5.10 Å². The van der Waals surface area contributed by atoms with E-state index in [0.717, 1.165) is 16.8 Å².